The Balaban J connectivity index is 2.01. The molecule has 1 aromatic heterocycles. The van der Waals surface area contributed by atoms with Crippen molar-refractivity contribution in [3.05, 3.63) is 107 Å². The van der Waals surface area contributed by atoms with Crippen molar-refractivity contribution in [1.82, 2.24) is 4.98 Å². The van der Waals surface area contributed by atoms with Crippen LogP contribution in [-0.4, -0.2) is 10.7 Å². The molecule has 0 saturated carbocycles. The highest BCUT2D eigenvalue weighted by molar-refractivity contribution is 6.12. The SMILES string of the molecule is NC(=CC(=NCc1ccccc1F)c1ccccc1F)c1ccccn1. The van der Waals surface area contributed by atoms with Crippen LogP contribution in [0.25, 0.3) is 5.70 Å². The van der Waals surface area contributed by atoms with Gasteiger partial charge >= 0.3 is 0 Å². The Labute approximate surface area is 150 Å². The molecule has 3 nitrogen and oxygen atoms in total. The molecular formula is C21H17F2N3. The van der Waals surface area contributed by atoms with Crippen molar-refractivity contribution >= 4 is 11.4 Å². The minimum Gasteiger partial charge on any atom is -0.397 e. The van der Waals surface area contributed by atoms with Gasteiger partial charge in [-0.15, -0.1) is 0 Å². The molecule has 0 bridgehead atoms. The van der Waals surface area contributed by atoms with Crippen molar-refractivity contribution in [2.45, 2.75) is 6.54 Å². The average molecular weight is 349 g/mol. The molecular weight excluding hydrogens is 332 g/mol. The summed E-state index contributed by atoms with van der Waals surface area (Å²) in [7, 11) is 0. The number of hydrogen-bond acceptors (Lipinski definition) is 3. The average Bonchev–Trinajstić information content (AvgIpc) is 2.67. The van der Waals surface area contributed by atoms with Crippen LogP contribution >= 0.6 is 0 Å². The zero-order chi connectivity index (χ0) is 18.4. The molecule has 0 saturated heterocycles. The Kier molecular flexibility index (Phi) is 5.49. The lowest BCUT2D eigenvalue weighted by atomic mass is 10.1. The second-order valence-electron chi connectivity index (χ2n) is 5.59. The summed E-state index contributed by atoms with van der Waals surface area (Å²) < 4.78 is 28.1. The van der Waals surface area contributed by atoms with Crippen molar-refractivity contribution in [3.63, 3.8) is 0 Å². The van der Waals surface area contributed by atoms with Gasteiger partial charge in [0.1, 0.15) is 11.6 Å². The van der Waals surface area contributed by atoms with Crippen LogP contribution in [0.15, 0.2) is 84.0 Å². The van der Waals surface area contributed by atoms with Gasteiger partial charge in [-0.2, -0.15) is 0 Å². The van der Waals surface area contributed by atoms with E-state index < -0.39 is 5.82 Å². The van der Waals surface area contributed by atoms with Gasteiger partial charge in [-0.05, 0) is 36.4 Å². The van der Waals surface area contributed by atoms with Crippen molar-refractivity contribution in [2.75, 3.05) is 0 Å². The van der Waals surface area contributed by atoms with Crippen LogP contribution in [0.5, 0.6) is 0 Å². The van der Waals surface area contributed by atoms with Gasteiger partial charge in [0.15, 0.2) is 0 Å². The molecule has 1 heterocycles. The molecule has 2 aromatic carbocycles. The molecule has 0 unspecified atom stereocenters. The first-order chi connectivity index (χ1) is 12.6. The summed E-state index contributed by atoms with van der Waals surface area (Å²) in [4.78, 5) is 8.58. The number of rotatable bonds is 5. The quantitative estimate of drug-likeness (QED) is 0.696. The van der Waals surface area contributed by atoms with E-state index >= 15 is 0 Å². The Morgan fingerprint density at radius 3 is 2.31 bits per heavy atom. The van der Waals surface area contributed by atoms with E-state index in [4.69, 9.17) is 5.73 Å². The van der Waals surface area contributed by atoms with Crippen molar-refractivity contribution in [1.29, 1.82) is 0 Å². The predicted molar refractivity (Wildman–Crippen MR) is 99.4 cm³/mol. The molecule has 0 aliphatic rings. The Morgan fingerprint density at radius 2 is 1.62 bits per heavy atom. The van der Waals surface area contributed by atoms with Crippen molar-refractivity contribution in [2.24, 2.45) is 10.7 Å². The number of benzene rings is 2. The lowest BCUT2D eigenvalue weighted by molar-refractivity contribution is 0.610. The molecule has 0 spiro atoms. The Bertz CT molecular complexity index is 950. The number of halogens is 2. The fraction of sp³-hybridized carbons (Fsp3) is 0.0476. The highest BCUT2D eigenvalue weighted by atomic mass is 19.1. The largest absolute Gasteiger partial charge is 0.397 e. The van der Waals surface area contributed by atoms with Crippen molar-refractivity contribution < 1.29 is 8.78 Å². The summed E-state index contributed by atoms with van der Waals surface area (Å²) in [6.07, 6.45) is 3.18. The van der Waals surface area contributed by atoms with E-state index in [-0.39, 0.29) is 12.4 Å². The summed E-state index contributed by atoms with van der Waals surface area (Å²) >= 11 is 0. The first kappa shape index (κ1) is 17.5. The number of pyridine rings is 1. The summed E-state index contributed by atoms with van der Waals surface area (Å²) in [6, 6.07) is 18.0. The zero-order valence-corrected chi connectivity index (χ0v) is 13.9. The standard InChI is InChI=1S/C21H17F2N3/c22-17-9-3-1-7-15(17)14-26-21(16-8-2-4-10-18(16)23)13-19(24)20-11-5-6-12-25-20/h1-13H,14,24H2. The Morgan fingerprint density at radius 1 is 0.923 bits per heavy atom. The van der Waals surface area contributed by atoms with Gasteiger partial charge in [-0.1, -0.05) is 36.4 Å². The molecule has 0 fully saturated rings. The maximum Gasteiger partial charge on any atom is 0.132 e. The molecule has 0 amide bonds. The van der Waals surface area contributed by atoms with Crippen LogP contribution < -0.4 is 5.73 Å². The number of nitrogens with zero attached hydrogens (tertiary/aromatic N) is 2. The van der Waals surface area contributed by atoms with Gasteiger partial charge in [0.05, 0.1) is 23.6 Å². The number of allylic oxidation sites excluding steroid dienone is 1. The monoisotopic (exact) mass is 349 g/mol. The normalized spacial score (nSPS) is 12.2. The van der Waals surface area contributed by atoms with Gasteiger partial charge in [0.2, 0.25) is 0 Å². The van der Waals surface area contributed by atoms with Crippen LogP contribution in [0, 0.1) is 11.6 Å². The summed E-state index contributed by atoms with van der Waals surface area (Å²) in [5.41, 5.74) is 8.05. The maximum absolute atomic E-state index is 14.3. The van der Waals surface area contributed by atoms with E-state index in [1.54, 1.807) is 60.8 Å². The first-order valence-electron chi connectivity index (χ1n) is 8.06. The van der Waals surface area contributed by atoms with Crippen LogP contribution in [0.1, 0.15) is 16.8 Å². The molecule has 3 rings (SSSR count). The molecule has 0 atom stereocenters. The molecule has 3 aromatic rings. The number of nitrogens with two attached hydrogens (primary N) is 1. The van der Waals surface area contributed by atoms with E-state index in [1.165, 1.54) is 12.1 Å². The fourth-order valence-electron chi connectivity index (χ4n) is 2.43. The Hall–Kier alpha value is -3.34. The van der Waals surface area contributed by atoms with Gasteiger partial charge in [0.25, 0.3) is 0 Å². The third-order valence-corrected chi connectivity index (χ3v) is 3.78. The number of aliphatic imine (C=N–C) groups is 1. The minimum absolute atomic E-state index is 0.0718. The summed E-state index contributed by atoms with van der Waals surface area (Å²) in [5.74, 6) is -0.782. The van der Waals surface area contributed by atoms with Crippen LogP contribution in [0.2, 0.25) is 0 Å². The lowest BCUT2D eigenvalue weighted by Gasteiger charge is -2.07. The van der Waals surface area contributed by atoms with E-state index in [0.29, 0.717) is 28.2 Å². The summed E-state index contributed by atoms with van der Waals surface area (Å²) in [6.45, 7) is 0.0718. The van der Waals surface area contributed by atoms with E-state index in [9.17, 15) is 8.78 Å². The second kappa shape index (κ2) is 8.16. The minimum atomic E-state index is -0.426. The van der Waals surface area contributed by atoms with Gasteiger partial charge in [-0.3, -0.25) is 9.98 Å². The third-order valence-electron chi connectivity index (χ3n) is 3.78. The van der Waals surface area contributed by atoms with Gasteiger partial charge in [0, 0.05) is 17.3 Å². The second-order valence-corrected chi connectivity index (χ2v) is 5.59. The number of hydrogen-bond donors (Lipinski definition) is 1. The predicted octanol–water partition coefficient (Wildman–Crippen LogP) is 4.35. The topological polar surface area (TPSA) is 51.3 Å². The summed E-state index contributed by atoms with van der Waals surface area (Å²) in [5, 5.41) is 0. The molecule has 130 valence electrons. The van der Waals surface area contributed by atoms with Gasteiger partial charge < -0.3 is 5.73 Å². The lowest BCUT2D eigenvalue weighted by Crippen LogP contribution is -2.07. The van der Waals surface area contributed by atoms with Gasteiger partial charge in [-0.25, -0.2) is 8.78 Å². The molecule has 0 radical (unpaired) electrons. The van der Waals surface area contributed by atoms with Crippen LogP contribution in [-0.2, 0) is 6.54 Å². The molecule has 26 heavy (non-hydrogen) atoms. The maximum atomic E-state index is 14.3. The van der Waals surface area contributed by atoms with E-state index in [2.05, 4.69) is 9.98 Å². The van der Waals surface area contributed by atoms with Crippen LogP contribution in [0.3, 0.4) is 0 Å². The first-order valence-corrected chi connectivity index (χ1v) is 8.06. The molecule has 5 heteroatoms. The zero-order valence-electron chi connectivity index (χ0n) is 13.9. The highest BCUT2D eigenvalue weighted by Crippen LogP contribution is 2.15. The molecule has 2 N–H and O–H groups in total. The fourth-order valence-corrected chi connectivity index (χ4v) is 2.43. The van der Waals surface area contributed by atoms with E-state index in [0.717, 1.165) is 0 Å². The highest BCUT2D eigenvalue weighted by Gasteiger charge is 2.09. The number of aromatic nitrogens is 1. The van der Waals surface area contributed by atoms with Crippen molar-refractivity contribution in [3.8, 4) is 0 Å². The third kappa shape index (κ3) is 4.19. The smallest absolute Gasteiger partial charge is 0.132 e. The van der Waals surface area contributed by atoms with E-state index in [1.807, 2.05) is 6.07 Å². The molecule has 0 aliphatic heterocycles. The van der Waals surface area contributed by atoms with Crippen LogP contribution in [0.4, 0.5) is 8.78 Å². The molecule has 0 aliphatic carbocycles.